The first kappa shape index (κ1) is 13.7. The van der Waals surface area contributed by atoms with Crippen LogP contribution in [0.4, 0.5) is 0 Å². The minimum Gasteiger partial charge on any atom is -0.354 e. The van der Waals surface area contributed by atoms with Crippen molar-refractivity contribution in [3.05, 3.63) is 60.7 Å². The van der Waals surface area contributed by atoms with Crippen LogP contribution in [0.3, 0.4) is 0 Å². The number of fused-ring (bicyclic) bond motifs is 6. The van der Waals surface area contributed by atoms with E-state index >= 15 is 0 Å². The SMILES string of the molecule is CC(C)(C)n1c2ccccc2c2cc3c(cc21)[nH]c1ccccc13. The Kier molecular flexibility index (Phi) is 2.52. The monoisotopic (exact) mass is 312 g/mol. The molecular formula is C22H20N2. The van der Waals surface area contributed by atoms with E-state index in [4.69, 9.17) is 0 Å². The maximum absolute atomic E-state index is 3.58. The molecule has 2 heteroatoms. The van der Waals surface area contributed by atoms with Crippen molar-refractivity contribution >= 4 is 43.6 Å². The zero-order chi connectivity index (χ0) is 16.5. The van der Waals surface area contributed by atoms with Crippen LogP contribution in [-0.2, 0) is 5.54 Å². The average molecular weight is 312 g/mol. The van der Waals surface area contributed by atoms with E-state index in [9.17, 15) is 0 Å². The smallest absolute Gasteiger partial charge is 0.0517 e. The van der Waals surface area contributed by atoms with Crippen molar-refractivity contribution in [3.8, 4) is 0 Å². The fourth-order valence-electron chi connectivity index (χ4n) is 4.04. The van der Waals surface area contributed by atoms with Crippen LogP contribution in [0.15, 0.2) is 60.7 Å². The number of benzene rings is 3. The van der Waals surface area contributed by atoms with Crippen LogP contribution in [0.2, 0.25) is 0 Å². The van der Waals surface area contributed by atoms with Gasteiger partial charge in [-0.05, 0) is 45.0 Å². The second-order valence-electron chi connectivity index (χ2n) is 7.61. The molecule has 2 nitrogen and oxygen atoms in total. The summed E-state index contributed by atoms with van der Waals surface area (Å²) in [6.45, 7) is 6.82. The van der Waals surface area contributed by atoms with E-state index in [1.54, 1.807) is 0 Å². The number of rotatable bonds is 0. The third kappa shape index (κ3) is 1.71. The molecule has 24 heavy (non-hydrogen) atoms. The van der Waals surface area contributed by atoms with Crippen molar-refractivity contribution in [1.82, 2.24) is 9.55 Å². The van der Waals surface area contributed by atoms with Gasteiger partial charge in [0.25, 0.3) is 0 Å². The lowest BCUT2D eigenvalue weighted by atomic mass is 10.1. The van der Waals surface area contributed by atoms with Gasteiger partial charge in [0.15, 0.2) is 0 Å². The van der Waals surface area contributed by atoms with Crippen LogP contribution in [0.5, 0.6) is 0 Å². The van der Waals surface area contributed by atoms with E-state index in [0.29, 0.717) is 0 Å². The van der Waals surface area contributed by atoms with Crippen molar-refractivity contribution < 1.29 is 0 Å². The Balaban J connectivity index is 2.05. The predicted octanol–water partition coefficient (Wildman–Crippen LogP) is 6.18. The summed E-state index contributed by atoms with van der Waals surface area (Å²) in [6.07, 6.45) is 0. The topological polar surface area (TPSA) is 20.7 Å². The Morgan fingerprint density at radius 3 is 2.17 bits per heavy atom. The number of aromatic amines is 1. The predicted molar refractivity (Wildman–Crippen MR) is 104 cm³/mol. The highest BCUT2D eigenvalue weighted by Crippen LogP contribution is 2.37. The van der Waals surface area contributed by atoms with Gasteiger partial charge in [0.05, 0.1) is 5.52 Å². The third-order valence-electron chi connectivity index (χ3n) is 4.97. The van der Waals surface area contributed by atoms with Gasteiger partial charge in [0.1, 0.15) is 0 Å². The summed E-state index contributed by atoms with van der Waals surface area (Å²) < 4.78 is 2.46. The summed E-state index contributed by atoms with van der Waals surface area (Å²) >= 11 is 0. The maximum atomic E-state index is 3.58. The van der Waals surface area contributed by atoms with E-state index in [2.05, 4.69) is 91.0 Å². The fourth-order valence-corrected chi connectivity index (χ4v) is 4.04. The lowest BCUT2D eigenvalue weighted by molar-refractivity contribution is 0.423. The van der Waals surface area contributed by atoms with E-state index in [-0.39, 0.29) is 5.54 Å². The molecule has 5 aromatic rings. The molecule has 0 amide bonds. The minimum absolute atomic E-state index is 0.0288. The molecule has 2 aromatic heterocycles. The van der Waals surface area contributed by atoms with E-state index in [1.807, 2.05) is 0 Å². The van der Waals surface area contributed by atoms with Gasteiger partial charge in [-0.15, -0.1) is 0 Å². The number of para-hydroxylation sites is 2. The van der Waals surface area contributed by atoms with Gasteiger partial charge in [-0.1, -0.05) is 36.4 Å². The first-order valence-electron chi connectivity index (χ1n) is 8.48. The molecule has 0 atom stereocenters. The number of nitrogens with zero attached hydrogens (tertiary/aromatic N) is 1. The second kappa shape index (κ2) is 4.41. The normalized spacial score (nSPS) is 12.8. The van der Waals surface area contributed by atoms with Crippen LogP contribution in [0.25, 0.3) is 43.6 Å². The number of nitrogens with one attached hydrogen (secondary N) is 1. The Morgan fingerprint density at radius 2 is 1.38 bits per heavy atom. The lowest BCUT2D eigenvalue weighted by Gasteiger charge is -2.24. The highest BCUT2D eigenvalue weighted by Gasteiger charge is 2.21. The molecule has 0 radical (unpaired) electrons. The summed E-state index contributed by atoms with van der Waals surface area (Å²) in [5.74, 6) is 0. The van der Waals surface area contributed by atoms with E-state index in [0.717, 1.165) is 0 Å². The molecule has 2 heterocycles. The molecule has 1 N–H and O–H groups in total. The van der Waals surface area contributed by atoms with Crippen molar-refractivity contribution in [2.24, 2.45) is 0 Å². The first-order valence-corrected chi connectivity index (χ1v) is 8.48. The molecule has 3 aromatic carbocycles. The molecular weight excluding hydrogens is 292 g/mol. The molecule has 0 bridgehead atoms. The number of hydrogen-bond donors (Lipinski definition) is 1. The Labute approximate surface area is 140 Å². The summed E-state index contributed by atoms with van der Waals surface area (Å²) in [4.78, 5) is 3.58. The lowest BCUT2D eigenvalue weighted by Crippen LogP contribution is -2.21. The van der Waals surface area contributed by atoms with Crippen LogP contribution in [-0.4, -0.2) is 9.55 Å². The quantitative estimate of drug-likeness (QED) is 0.352. The molecule has 0 saturated carbocycles. The Morgan fingerprint density at radius 1 is 0.667 bits per heavy atom. The van der Waals surface area contributed by atoms with Gasteiger partial charge < -0.3 is 9.55 Å². The Bertz CT molecular complexity index is 1230. The van der Waals surface area contributed by atoms with E-state index < -0.39 is 0 Å². The molecule has 0 saturated heterocycles. The zero-order valence-electron chi connectivity index (χ0n) is 14.2. The Hall–Kier alpha value is -2.74. The maximum Gasteiger partial charge on any atom is 0.0517 e. The van der Waals surface area contributed by atoms with Crippen molar-refractivity contribution in [1.29, 1.82) is 0 Å². The third-order valence-corrected chi connectivity index (χ3v) is 4.97. The van der Waals surface area contributed by atoms with Crippen LogP contribution in [0.1, 0.15) is 20.8 Å². The summed E-state index contributed by atoms with van der Waals surface area (Å²) in [6, 6.07) is 21.9. The second-order valence-corrected chi connectivity index (χ2v) is 7.61. The van der Waals surface area contributed by atoms with Gasteiger partial charge in [0, 0.05) is 43.6 Å². The van der Waals surface area contributed by atoms with Crippen LogP contribution in [0, 0.1) is 0 Å². The van der Waals surface area contributed by atoms with Crippen molar-refractivity contribution in [2.75, 3.05) is 0 Å². The van der Waals surface area contributed by atoms with Gasteiger partial charge >= 0.3 is 0 Å². The van der Waals surface area contributed by atoms with E-state index in [1.165, 1.54) is 43.6 Å². The zero-order valence-corrected chi connectivity index (χ0v) is 14.2. The van der Waals surface area contributed by atoms with Gasteiger partial charge in [0.2, 0.25) is 0 Å². The van der Waals surface area contributed by atoms with Crippen LogP contribution < -0.4 is 0 Å². The molecule has 0 aliphatic heterocycles. The van der Waals surface area contributed by atoms with Crippen molar-refractivity contribution in [3.63, 3.8) is 0 Å². The molecule has 0 aliphatic rings. The highest BCUT2D eigenvalue weighted by atomic mass is 15.0. The number of H-pyrrole nitrogens is 1. The molecule has 0 unspecified atom stereocenters. The number of hydrogen-bond acceptors (Lipinski definition) is 0. The molecule has 118 valence electrons. The average Bonchev–Trinajstić information content (AvgIpc) is 3.07. The van der Waals surface area contributed by atoms with Crippen LogP contribution >= 0.6 is 0 Å². The van der Waals surface area contributed by atoms with Gasteiger partial charge in [-0.2, -0.15) is 0 Å². The first-order chi connectivity index (χ1) is 11.5. The fraction of sp³-hybridized carbons (Fsp3) is 0.182. The molecule has 5 rings (SSSR count). The summed E-state index contributed by atoms with van der Waals surface area (Å²) in [5.41, 5.74) is 5.03. The number of aromatic nitrogens is 2. The standard InChI is InChI=1S/C22H20N2/c1-22(2,3)24-20-11-7-5-9-15(20)17-12-16-14-8-4-6-10-18(14)23-19(16)13-21(17)24/h4-13,23H,1-3H3. The molecule has 0 aliphatic carbocycles. The van der Waals surface area contributed by atoms with Crippen molar-refractivity contribution in [2.45, 2.75) is 26.3 Å². The minimum atomic E-state index is 0.0288. The molecule has 0 fully saturated rings. The largest absolute Gasteiger partial charge is 0.354 e. The summed E-state index contributed by atoms with van der Waals surface area (Å²) in [7, 11) is 0. The molecule has 0 spiro atoms. The summed E-state index contributed by atoms with van der Waals surface area (Å²) in [5, 5.41) is 5.25. The highest BCUT2D eigenvalue weighted by molar-refractivity contribution is 6.17. The van der Waals surface area contributed by atoms with Gasteiger partial charge in [-0.3, -0.25) is 0 Å². The van der Waals surface area contributed by atoms with Gasteiger partial charge in [-0.25, -0.2) is 0 Å².